The van der Waals surface area contributed by atoms with Crippen LogP contribution in [0.3, 0.4) is 0 Å². The minimum absolute atomic E-state index is 0.0920. The van der Waals surface area contributed by atoms with Crippen LogP contribution in [0.25, 0.3) is 0 Å². The first-order valence-corrected chi connectivity index (χ1v) is 42.2. The summed E-state index contributed by atoms with van der Waals surface area (Å²) in [6.07, 6.45) is 85.7. The predicted molar refractivity (Wildman–Crippen MR) is 408 cm³/mol. The normalized spacial score (nSPS) is 14.6. The molecule has 0 bridgehead atoms. The van der Waals surface area contributed by atoms with E-state index in [1.165, 1.54) is 135 Å². The topological polar surface area (TPSA) is 231 Å². The van der Waals surface area contributed by atoms with Gasteiger partial charge in [-0.25, -0.2) is 9.13 Å². The molecule has 18 heteroatoms. The Morgan fingerprint density at radius 3 is 0.838 bits per heavy atom. The van der Waals surface area contributed by atoms with Gasteiger partial charge in [-0.05, 0) is 128 Å². The van der Waals surface area contributed by atoms with Crippen LogP contribution in [0.5, 0.6) is 0 Å². The highest BCUT2D eigenvalue weighted by molar-refractivity contribution is 7.47. The standard InChI is InChI=1S/C81H142O16P2/c1-4-7-10-13-16-19-22-24-26-28-30-32-34-36-37-39-41-42-44-46-48-50-53-55-58-61-64-67-79(84)91-70-76(82)71-93-98(87,88)94-72-77(83)73-95-99(89,90)96-75-78(97-81(86)69-66-63-60-57-52-21-18-15-12-9-6-3)74-92-80(85)68-65-62-59-56-54-51-49-47-45-43-40-38-35-33-31-29-27-25-23-20-17-14-11-8-5-2/h15-20,24-27,30-33,36-38,40,76-78,82-83H,4-14,21-23,28-29,34-35,39,41-75H2,1-3H3,(H,87,88)(H,89,90)/b18-15-,19-16-,20-17-,26-24-,27-25-,32-30-,33-31-,37-36-,40-38-. The van der Waals surface area contributed by atoms with E-state index in [0.29, 0.717) is 19.3 Å². The van der Waals surface area contributed by atoms with Crippen LogP contribution in [-0.2, 0) is 55.8 Å². The summed E-state index contributed by atoms with van der Waals surface area (Å²) in [6.45, 7) is 2.58. The van der Waals surface area contributed by atoms with Crippen LogP contribution in [0, 0.1) is 0 Å². The Balaban J connectivity index is 4.48. The van der Waals surface area contributed by atoms with E-state index in [1.54, 1.807) is 0 Å². The van der Waals surface area contributed by atoms with E-state index in [2.05, 4.69) is 130 Å². The fourth-order valence-electron chi connectivity index (χ4n) is 10.4. The molecule has 0 saturated heterocycles. The number of phosphoric ester groups is 2. The molecule has 0 spiro atoms. The summed E-state index contributed by atoms with van der Waals surface area (Å²) in [5, 5.41) is 20.6. The maximum absolute atomic E-state index is 12.9. The number of hydrogen-bond donors (Lipinski definition) is 4. The summed E-state index contributed by atoms with van der Waals surface area (Å²) < 4.78 is 61.0. The van der Waals surface area contributed by atoms with E-state index in [1.807, 2.05) is 0 Å². The molecule has 5 atom stereocenters. The molecule has 0 aliphatic rings. The molecule has 572 valence electrons. The van der Waals surface area contributed by atoms with Crippen LogP contribution in [0.1, 0.15) is 329 Å². The highest BCUT2D eigenvalue weighted by Crippen LogP contribution is 2.45. The van der Waals surface area contributed by atoms with Gasteiger partial charge in [0.1, 0.15) is 25.4 Å². The smallest absolute Gasteiger partial charge is 0.463 e. The van der Waals surface area contributed by atoms with Gasteiger partial charge in [0.05, 0.1) is 26.4 Å². The van der Waals surface area contributed by atoms with Crippen molar-refractivity contribution in [1.29, 1.82) is 0 Å². The third-order valence-corrected chi connectivity index (χ3v) is 18.3. The highest BCUT2D eigenvalue weighted by atomic mass is 31.2. The molecule has 5 unspecified atom stereocenters. The van der Waals surface area contributed by atoms with Crippen LogP contribution in [0.15, 0.2) is 109 Å². The lowest BCUT2D eigenvalue weighted by Gasteiger charge is -2.21. The van der Waals surface area contributed by atoms with Crippen LogP contribution in [0.2, 0.25) is 0 Å². The zero-order valence-corrected chi connectivity index (χ0v) is 64.2. The molecule has 0 saturated carbocycles. The number of carbonyl (C=O) groups is 3. The van der Waals surface area contributed by atoms with Crippen molar-refractivity contribution in [2.45, 2.75) is 347 Å². The number of rotatable bonds is 74. The van der Waals surface area contributed by atoms with Gasteiger partial charge in [-0.1, -0.05) is 291 Å². The van der Waals surface area contributed by atoms with E-state index < -0.39 is 91.5 Å². The van der Waals surface area contributed by atoms with E-state index in [9.17, 15) is 43.5 Å². The van der Waals surface area contributed by atoms with Crippen LogP contribution >= 0.6 is 15.6 Å². The van der Waals surface area contributed by atoms with Gasteiger partial charge >= 0.3 is 33.6 Å². The summed E-state index contributed by atoms with van der Waals surface area (Å²) in [5.74, 6) is -1.59. The van der Waals surface area contributed by atoms with Gasteiger partial charge < -0.3 is 34.2 Å². The molecule has 4 N–H and O–H groups in total. The van der Waals surface area contributed by atoms with E-state index in [4.69, 9.17) is 32.3 Å². The molecule has 0 rings (SSSR count). The van der Waals surface area contributed by atoms with Gasteiger partial charge in [0.2, 0.25) is 0 Å². The molecule has 0 aromatic rings. The Morgan fingerprint density at radius 2 is 0.515 bits per heavy atom. The first-order valence-electron chi connectivity index (χ1n) is 39.2. The van der Waals surface area contributed by atoms with Crippen molar-refractivity contribution in [3.05, 3.63) is 109 Å². The van der Waals surface area contributed by atoms with Crippen molar-refractivity contribution in [1.82, 2.24) is 0 Å². The second kappa shape index (κ2) is 73.9. The quantitative estimate of drug-likeness (QED) is 0.0146. The first-order chi connectivity index (χ1) is 48.2. The second-order valence-corrected chi connectivity index (χ2v) is 29.1. The van der Waals surface area contributed by atoms with E-state index in [-0.39, 0.29) is 19.3 Å². The minimum atomic E-state index is -4.93. The summed E-state index contributed by atoms with van der Waals surface area (Å²) in [6, 6.07) is 0. The van der Waals surface area contributed by atoms with Crippen molar-refractivity contribution < 1.29 is 75.8 Å². The van der Waals surface area contributed by atoms with Crippen molar-refractivity contribution in [3.8, 4) is 0 Å². The Bertz CT molecular complexity index is 2240. The average molecular weight is 1430 g/mol. The molecule has 0 radical (unpaired) electrons. The largest absolute Gasteiger partial charge is 0.472 e. The Kier molecular flexibility index (Phi) is 71.1. The van der Waals surface area contributed by atoms with Crippen LogP contribution < -0.4 is 0 Å². The number of unbranched alkanes of at least 4 members (excludes halogenated alkanes) is 33. The van der Waals surface area contributed by atoms with Gasteiger partial charge in [-0.2, -0.15) is 0 Å². The highest BCUT2D eigenvalue weighted by Gasteiger charge is 2.29. The lowest BCUT2D eigenvalue weighted by Crippen LogP contribution is -2.30. The monoisotopic (exact) mass is 1430 g/mol. The third-order valence-electron chi connectivity index (χ3n) is 16.4. The molecule has 0 amide bonds. The molecular formula is C81H142O16P2. The van der Waals surface area contributed by atoms with Crippen molar-refractivity contribution in [2.75, 3.05) is 39.6 Å². The third kappa shape index (κ3) is 75.2. The molecule has 0 aliphatic carbocycles. The number of esters is 3. The summed E-state index contributed by atoms with van der Waals surface area (Å²) in [4.78, 5) is 58.5. The number of aliphatic hydroxyl groups is 2. The number of aliphatic hydroxyl groups excluding tert-OH is 2. The Hall–Kier alpha value is -3.79. The molecule has 0 heterocycles. The van der Waals surface area contributed by atoms with Crippen molar-refractivity contribution in [2.24, 2.45) is 0 Å². The summed E-state index contributed by atoms with van der Waals surface area (Å²) in [7, 11) is -9.78. The molecule has 0 aromatic carbocycles. The zero-order chi connectivity index (χ0) is 72.3. The molecule has 99 heavy (non-hydrogen) atoms. The summed E-state index contributed by atoms with van der Waals surface area (Å²) >= 11 is 0. The zero-order valence-electron chi connectivity index (χ0n) is 62.4. The molecule has 0 aromatic heterocycles. The lowest BCUT2D eigenvalue weighted by atomic mass is 10.0. The van der Waals surface area contributed by atoms with Crippen LogP contribution in [0.4, 0.5) is 0 Å². The number of carbonyl (C=O) groups excluding carboxylic acids is 3. The van der Waals surface area contributed by atoms with Gasteiger partial charge in [0.15, 0.2) is 6.10 Å². The fourth-order valence-corrected chi connectivity index (χ4v) is 12.0. The summed E-state index contributed by atoms with van der Waals surface area (Å²) in [5.41, 5.74) is 0. The number of ether oxygens (including phenoxy) is 3. The SMILES string of the molecule is CCCC/C=C\CCCCCCCC(=O)OC(COC(=O)CCCCCCCCCCC/C=C\C/C=C\C/C=C\C/C=C\CCCCC)COP(=O)(O)OCC(O)COP(=O)(O)OCC(O)COC(=O)CCCCCCCCCCCCC/C=C\C/C=C\C/C=C\C/C=C\CCCCC. The first kappa shape index (κ1) is 95.2. The van der Waals surface area contributed by atoms with Gasteiger partial charge in [0, 0.05) is 19.3 Å². The van der Waals surface area contributed by atoms with E-state index in [0.717, 1.165) is 135 Å². The molecule has 0 aliphatic heterocycles. The van der Waals surface area contributed by atoms with Gasteiger partial charge in [-0.15, -0.1) is 0 Å². The Morgan fingerprint density at radius 1 is 0.283 bits per heavy atom. The lowest BCUT2D eigenvalue weighted by molar-refractivity contribution is -0.161. The van der Waals surface area contributed by atoms with Gasteiger partial charge in [-0.3, -0.25) is 32.5 Å². The molecule has 16 nitrogen and oxygen atoms in total. The maximum atomic E-state index is 12.9. The Labute approximate surface area is 602 Å². The second-order valence-electron chi connectivity index (χ2n) is 26.2. The van der Waals surface area contributed by atoms with Crippen molar-refractivity contribution in [3.63, 3.8) is 0 Å². The van der Waals surface area contributed by atoms with Crippen LogP contribution in [-0.4, -0.2) is 95.9 Å². The maximum Gasteiger partial charge on any atom is 0.472 e. The molecular weight excluding hydrogens is 1290 g/mol. The van der Waals surface area contributed by atoms with Gasteiger partial charge in [0.25, 0.3) is 0 Å². The number of allylic oxidation sites excluding steroid dienone is 18. The number of hydrogen-bond acceptors (Lipinski definition) is 14. The molecule has 0 fully saturated rings. The van der Waals surface area contributed by atoms with E-state index >= 15 is 0 Å². The predicted octanol–water partition coefficient (Wildman–Crippen LogP) is 22.8. The fraction of sp³-hybridized carbons (Fsp3) is 0.741. The number of phosphoric acid groups is 2. The van der Waals surface area contributed by atoms with Crippen molar-refractivity contribution >= 4 is 33.6 Å². The minimum Gasteiger partial charge on any atom is -0.463 e. The average Bonchev–Trinajstić information content (AvgIpc) is 1.13.